The third-order valence-corrected chi connectivity index (χ3v) is 4.10. The van der Waals surface area contributed by atoms with Crippen LogP contribution in [-0.4, -0.2) is 16.9 Å². The number of hydrogen-bond acceptors (Lipinski definition) is 3. The average molecular weight is 275 g/mol. The Kier molecular flexibility index (Phi) is 5.39. The van der Waals surface area contributed by atoms with E-state index in [0.717, 1.165) is 24.5 Å². The maximum absolute atomic E-state index is 12.0. The van der Waals surface area contributed by atoms with E-state index in [-0.39, 0.29) is 5.91 Å². The molecule has 1 fully saturated rings. The molecule has 0 saturated heterocycles. The number of rotatable bonds is 5. The summed E-state index contributed by atoms with van der Waals surface area (Å²) in [6.07, 6.45) is 9.27. The SMILES string of the molecule is CCCC1CCC(NC(=O)Cc2ccc(N)cn2)CC1. The number of nitrogens with two attached hydrogens (primary N) is 1. The van der Waals surface area contributed by atoms with Crippen molar-refractivity contribution >= 4 is 11.6 Å². The summed E-state index contributed by atoms with van der Waals surface area (Å²) < 4.78 is 0. The highest BCUT2D eigenvalue weighted by Crippen LogP contribution is 2.27. The van der Waals surface area contributed by atoms with Gasteiger partial charge in [0.2, 0.25) is 5.91 Å². The van der Waals surface area contributed by atoms with Crippen LogP contribution in [0.3, 0.4) is 0 Å². The summed E-state index contributed by atoms with van der Waals surface area (Å²) in [6.45, 7) is 2.24. The number of aromatic nitrogens is 1. The largest absolute Gasteiger partial charge is 0.397 e. The molecule has 0 aliphatic heterocycles. The standard InChI is InChI=1S/C16H25N3O/c1-2-3-12-4-7-14(8-5-12)19-16(20)10-15-9-6-13(17)11-18-15/h6,9,11-12,14H,2-5,7-8,10,17H2,1H3,(H,19,20). The van der Waals surface area contributed by atoms with E-state index in [1.807, 2.05) is 6.07 Å². The monoisotopic (exact) mass is 275 g/mol. The molecule has 0 unspecified atom stereocenters. The number of carbonyl (C=O) groups excluding carboxylic acids is 1. The van der Waals surface area contributed by atoms with Gasteiger partial charge in [0, 0.05) is 11.7 Å². The molecule has 0 aromatic carbocycles. The minimum absolute atomic E-state index is 0.0706. The molecule has 2 rings (SSSR count). The summed E-state index contributed by atoms with van der Waals surface area (Å²) in [6, 6.07) is 3.95. The van der Waals surface area contributed by atoms with Crippen molar-refractivity contribution in [3.05, 3.63) is 24.0 Å². The first-order valence-electron chi connectivity index (χ1n) is 7.67. The molecule has 0 radical (unpaired) electrons. The number of nitrogens with one attached hydrogen (secondary N) is 1. The molecule has 1 aliphatic rings. The van der Waals surface area contributed by atoms with Crippen molar-refractivity contribution in [2.75, 3.05) is 5.73 Å². The lowest BCUT2D eigenvalue weighted by Gasteiger charge is -2.28. The maximum atomic E-state index is 12.0. The van der Waals surface area contributed by atoms with Gasteiger partial charge >= 0.3 is 0 Å². The van der Waals surface area contributed by atoms with E-state index >= 15 is 0 Å². The van der Waals surface area contributed by atoms with Crippen LogP contribution in [0.5, 0.6) is 0 Å². The zero-order chi connectivity index (χ0) is 14.4. The van der Waals surface area contributed by atoms with Gasteiger partial charge in [0.05, 0.1) is 18.3 Å². The Bertz CT molecular complexity index is 422. The van der Waals surface area contributed by atoms with E-state index in [9.17, 15) is 4.79 Å². The number of amides is 1. The van der Waals surface area contributed by atoms with Crippen molar-refractivity contribution in [3.8, 4) is 0 Å². The second kappa shape index (κ2) is 7.27. The molecule has 1 heterocycles. The molecule has 0 spiro atoms. The van der Waals surface area contributed by atoms with E-state index in [2.05, 4.69) is 17.2 Å². The van der Waals surface area contributed by atoms with Crippen LogP contribution in [0.4, 0.5) is 5.69 Å². The smallest absolute Gasteiger partial charge is 0.226 e. The molecule has 1 aromatic heterocycles. The van der Waals surface area contributed by atoms with Crippen LogP contribution in [0.15, 0.2) is 18.3 Å². The van der Waals surface area contributed by atoms with Crippen molar-refractivity contribution in [3.63, 3.8) is 0 Å². The molecular weight excluding hydrogens is 250 g/mol. The fourth-order valence-electron chi connectivity index (χ4n) is 2.99. The molecule has 1 aromatic rings. The second-order valence-electron chi connectivity index (χ2n) is 5.83. The van der Waals surface area contributed by atoms with E-state index in [4.69, 9.17) is 5.73 Å². The summed E-state index contributed by atoms with van der Waals surface area (Å²) in [5.41, 5.74) is 6.98. The minimum Gasteiger partial charge on any atom is -0.397 e. The second-order valence-corrected chi connectivity index (χ2v) is 5.83. The third-order valence-electron chi connectivity index (χ3n) is 4.10. The molecule has 3 N–H and O–H groups in total. The minimum atomic E-state index is 0.0706. The van der Waals surface area contributed by atoms with Crippen molar-refractivity contribution in [1.82, 2.24) is 10.3 Å². The van der Waals surface area contributed by atoms with Gasteiger partial charge in [-0.3, -0.25) is 9.78 Å². The van der Waals surface area contributed by atoms with Crippen LogP contribution in [0.2, 0.25) is 0 Å². The van der Waals surface area contributed by atoms with E-state index < -0.39 is 0 Å². The molecule has 1 saturated carbocycles. The normalized spacial score (nSPS) is 22.4. The van der Waals surface area contributed by atoms with Gasteiger partial charge < -0.3 is 11.1 Å². The Morgan fingerprint density at radius 3 is 2.70 bits per heavy atom. The number of anilines is 1. The van der Waals surface area contributed by atoms with Gasteiger partial charge in [-0.05, 0) is 43.7 Å². The quantitative estimate of drug-likeness (QED) is 0.868. The zero-order valence-electron chi connectivity index (χ0n) is 12.3. The summed E-state index contributed by atoms with van der Waals surface area (Å²) in [5, 5.41) is 3.13. The van der Waals surface area contributed by atoms with E-state index in [1.54, 1.807) is 12.3 Å². The first-order chi connectivity index (χ1) is 9.67. The number of pyridine rings is 1. The Morgan fingerprint density at radius 1 is 1.35 bits per heavy atom. The number of hydrogen-bond donors (Lipinski definition) is 2. The Hall–Kier alpha value is -1.58. The maximum Gasteiger partial charge on any atom is 0.226 e. The Morgan fingerprint density at radius 2 is 2.10 bits per heavy atom. The molecule has 0 atom stereocenters. The Balaban J connectivity index is 1.74. The fourth-order valence-corrected chi connectivity index (χ4v) is 2.99. The molecule has 20 heavy (non-hydrogen) atoms. The van der Waals surface area contributed by atoms with Crippen LogP contribution in [0.1, 0.15) is 51.1 Å². The summed E-state index contributed by atoms with van der Waals surface area (Å²) >= 11 is 0. The molecule has 1 amide bonds. The van der Waals surface area contributed by atoms with Crippen LogP contribution in [0, 0.1) is 5.92 Å². The molecular formula is C16H25N3O. The summed E-state index contributed by atoms with van der Waals surface area (Å²) in [5.74, 6) is 0.938. The van der Waals surface area contributed by atoms with Gasteiger partial charge in [-0.2, -0.15) is 0 Å². The highest BCUT2D eigenvalue weighted by Gasteiger charge is 2.21. The van der Waals surface area contributed by atoms with Gasteiger partial charge in [0.15, 0.2) is 0 Å². The van der Waals surface area contributed by atoms with Crippen molar-refractivity contribution in [2.24, 2.45) is 5.92 Å². The van der Waals surface area contributed by atoms with Gasteiger partial charge in [-0.25, -0.2) is 0 Å². The van der Waals surface area contributed by atoms with Crippen LogP contribution < -0.4 is 11.1 Å². The third kappa shape index (κ3) is 4.51. The average Bonchev–Trinajstić information content (AvgIpc) is 2.44. The van der Waals surface area contributed by atoms with Gasteiger partial charge in [-0.1, -0.05) is 19.8 Å². The van der Waals surface area contributed by atoms with Gasteiger partial charge in [0.25, 0.3) is 0 Å². The van der Waals surface area contributed by atoms with Crippen LogP contribution in [0.25, 0.3) is 0 Å². The number of carbonyl (C=O) groups is 1. The zero-order valence-corrected chi connectivity index (χ0v) is 12.3. The summed E-state index contributed by atoms with van der Waals surface area (Å²) in [7, 11) is 0. The first-order valence-corrected chi connectivity index (χ1v) is 7.67. The lowest BCUT2D eigenvalue weighted by Crippen LogP contribution is -2.38. The molecule has 1 aliphatic carbocycles. The topological polar surface area (TPSA) is 68.0 Å². The van der Waals surface area contributed by atoms with Crippen LogP contribution >= 0.6 is 0 Å². The molecule has 0 bridgehead atoms. The number of nitrogens with zero attached hydrogens (tertiary/aromatic N) is 1. The fraction of sp³-hybridized carbons (Fsp3) is 0.625. The van der Waals surface area contributed by atoms with Crippen molar-refractivity contribution in [2.45, 2.75) is 57.9 Å². The lowest BCUT2D eigenvalue weighted by atomic mass is 9.83. The molecule has 110 valence electrons. The molecule has 4 nitrogen and oxygen atoms in total. The van der Waals surface area contributed by atoms with E-state index in [0.29, 0.717) is 18.2 Å². The van der Waals surface area contributed by atoms with Gasteiger partial charge in [0.1, 0.15) is 0 Å². The number of nitrogen functional groups attached to an aromatic ring is 1. The first kappa shape index (κ1) is 14.8. The molecule has 4 heteroatoms. The van der Waals surface area contributed by atoms with E-state index in [1.165, 1.54) is 25.7 Å². The lowest BCUT2D eigenvalue weighted by molar-refractivity contribution is -0.121. The highest BCUT2D eigenvalue weighted by molar-refractivity contribution is 5.78. The predicted molar refractivity (Wildman–Crippen MR) is 81.2 cm³/mol. The highest BCUT2D eigenvalue weighted by atomic mass is 16.1. The van der Waals surface area contributed by atoms with Crippen molar-refractivity contribution in [1.29, 1.82) is 0 Å². The van der Waals surface area contributed by atoms with Gasteiger partial charge in [-0.15, -0.1) is 0 Å². The summed E-state index contributed by atoms with van der Waals surface area (Å²) in [4.78, 5) is 16.2. The Labute approximate surface area is 121 Å². The van der Waals surface area contributed by atoms with Crippen molar-refractivity contribution < 1.29 is 4.79 Å². The predicted octanol–water partition coefficient (Wildman–Crippen LogP) is 2.68. The van der Waals surface area contributed by atoms with Crippen LogP contribution in [-0.2, 0) is 11.2 Å².